The fourth-order valence-corrected chi connectivity index (χ4v) is 2.93. The lowest BCUT2D eigenvalue weighted by molar-refractivity contribution is -0.386. The van der Waals surface area contributed by atoms with E-state index < -0.39 is 16.6 Å². The summed E-state index contributed by atoms with van der Waals surface area (Å²) in [6.07, 6.45) is 3.18. The number of nitrogens with zero attached hydrogens (tertiary/aromatic N) is 4. The third kappa shape index (κ3) is 3.78. The highest BCUT2D eigenvalue weighted by molar-refractivity contribution is 5.90. The van der Waals surface area contributed by atoms with Crippen molar-refractivity contribution in [2.45, 2.75) is 18.9 Å². The van der Waals surface area contributed by atoms with Crippen molar-refractivity contribution in [1.82, 2.24) is 9.80 Å². The summed E-state index contributed by atoms with van der Waals surface area (Å²) < 4.78 is 5.59. The summed E-state index contributed by atoms with van der Waals surface area (Å²) in [5, 5.41) is 11.4. The number of rotatable bonds is 2. The van der Waals surface area contributed by atoms with Gasteiger partial charge in [-0.15, -0.1) is 4.99 Å². The molecule has 8 nitrogen and oxygen atoms in total. The molecule has 0 spiro atoms. The maximum absolute atomic E-state index is 12.4. The lowest BCUT2D eigenvalue weighted by Crippen LogP contribution is -2.37. The Kier molecular flexibility index (Phi) is 5.10. The van der Waals surface area contributed by atoms with Crippen LogP contribution in [0.15, 0.2) is 29.3 Å². The van der Waals surface area contributed by atoms with Crippen LogP contribution in [-0.2, 0) is 10.3 Å². The van der Waals surface area contributed by atoms with Crippen molar-refractivity contribution in [3.8, 4) is 0 Å². The van der Waals surface area contributed by atoms with Crippen LogP contribution < -0.4 is 0 Å². The zero-order chi connectivity index (χ0) is 18.8. The highest BCUT2D eigenvalue weighted by Gasteiger charge is 2.40. The Morgan fingerprint density at radius 1 is 1.28 bits per heavy atom. The minimum absolute atomic E-state index is 0.0680. The Bertz CT molecular complexity index is 745. The summed E-state index contributed by atoms with van der Waals surface area (Å²) in [4.78, 5) is 30.7. The number of aliphatic imine (C=N–C) groups is 1. The van der Waals surface area contributed by atoms with Gasteiger partial charge in [-0.2, -0.15) is 0 Å². The number of carbonyl (C=O) groups excluding carboxylic acids is 1. The van der Waals surface area contributed by atoms with E-state index in [0.717, 1.165) is 0 Å². The molecule has 1 atom stereocenters. The van der Waals surface area contributed by atoms with Gasteiger partial charge in [0.15, 0.2) is 0 Å². The molecule has 0 heterocycles. The summed E-state index contributed by atoms with van der Waals surface area (Å²) >= 11 is 0. The molecule has 1 aromatic rings. The number of benzene rings is 1. The van der Waals surface area contributed by atoms with Gasteiger partial charge in [-0.3, -0.25) is 10.1 Å². The molecule has 8 heteroatoms. The van der Waals surface area contributed by atoms with Crippen molar-refractivity contribution in [1.29, 1.82) is 0 Å². The average Bonchev–Trinajstić information content (AvgIpc) is 2.51. The summed E-state index contributed by atoms with van der Waals surface area (Å²) in [5.74, 6) is 0.419. The molecule has 0 bridgehead atoms. The molecule has 1 aliphatic rings. The van der Waals surface area contributed by atoms with Gasteiger partial charge >= 0.3 is 6.09 Å². The number of fused-ring (bicyclic) bond motifs is 1. The molecule has 1 aromatic carbocycles. The molecule has 0 fully saturated rings. The van der Waals surface area contributed by atoms with Crippen molar-refractivity contribution in [3.63, 3.8) is 0 Å². The summed E-state index contributed by atoms with van der Waals surface area (Å²) in [5.41, 5.74) is -0.165. The van der Waals surface area contributed by atoms with Gasteiger partial charge in [-0.05, 0) is 12.5 Å². The number of hydrogen-bond acceptors (Lipinski definition) is 4. The Hall–Kier alpha value is -2.90. The number of guanidine groups is 1. The van der Waals surface area contributed by atoms with Gasteiger partial charge in [0.25, 0.3) is 5.69 Å². The normalized spacial score (nSPS) is 18.1. The van der Waals surface area contributed by atoms with Crippen molar-refractivity contribution in [3.05, 3.63) is 45.5 Å². The second-order valence-electron chi connectivity index (χ2n) is 6.40. The molecule has 0 radical (unpaired) electrons. The lowest BCUT2D eigenvalue weighted by atomic mass is 9.83. The van der Waals surface area contributed by atoms with E-state index in [-0.39, 0.29) is 5.69 Å². The number of nitro benzene ring substituents is 1. The molecular formula is C17H22N4O4. The minimum Gasteiger partial charge on any atom is -0.436 e. The van der Waals surface area contributed by atoms with Crippen molar-refractivity contribution in [2.24, 2.45) is 4.99 Å². The van der Waals surface area contributed by atoms with Gasteiger partial charge in [0, 0.05) is 40.7 Å². The number of amides is 1. The van der Waals surface area contributed by atoms with Crippen LogP contribution in [-0.4, -0.2) is 55.0 Å². The fraction of sp³-hybridized carbons (Fsp3) is 0.412. The number of carbonyl (C=O) groups is 1. The molecule has 0 saturated heterocycles. The van der Waals surface area contributed by atoms with Crippen molar-refractivity contribution >= 4 is 23.8 Å². The average molecular weight is 346 g/mol. The Labute approximate surface area is 146 Å². The Balaban J connectivity index is 2.42. The molecule has 134 valence electrons. The first kappa shape index (κ1) is 18.4. The van der Waals surface area contributed by atoms with Crippen LogP contribution >= 0.6 is 0 Å². The van der Waals surface area contributed by atoms with Crippen LogP contribution in [0.5, 0.6) is 0 Å². The van der Waals surface area contributed by atoms with Crippen LogP contribution in [0.3, 0.4) is 0 Å². The van der Waals surface area contributed by atoms with Crippen LogP contribution in [0.4, 0.5) is 10.5 Å². The van der Waals surface area contributed by atoms with E-state index in [1.807, 2.05) is 6.08 Å². The molecule has 1 amide bonds. The SMILES string of the molecule is CN(C)C(=NC(=O)OC1(C)CC=Cc2cccc([N+](=O)[O-])c21)N(C)C. The molecule has 0 N–H and O–H groups in total. The zero-order valence-electron chi connectivity index (χ0n) is 15.0. The Morgan fingerprint density at radius 3 is 2.48 bits per heavy atom. The lowest BCUT2D eigenvalue weighted by Gasteiger charge is -2.32. The first-order chi connectivity index (χ1) is 11.7. The maximum Gasteiger partial charge on any atom is 0.437 e. The van der Waals surface area contributed by atoms with Gasteiger partial charge in [0.2, 0.25) is 5.96 Å². The van der Waals surface area contributed by atoms with Crippen LogP contribution in [0.1, 0.15) is 24.5 Å². The van der Waals surface area contributed by atoms with Gasteiger partial charge in [0.1, 0.15) is 5.60 Å². The number of nitro groups is 1. The standard InChI is InChI=1S/C17H22N4O4/c1-17(25-16(22)18-15(19(2)3)20(4)5)11-7-9-12-8-6-10-13(14(12)17)21(23)24/h6-10H,11H2,1-5H3. The van der Waals surface area contributed by atoms with Crippen LogP contribution in [0.25, 0.3) is 6.08 Å². The van der Waals surface area contributed by atoms with E-state index in [9.17, 15) is 14.9 Å². The van der Waals surface area contributed by atoms with Crippen LogP contribution in [0, 0.1) is 10.1 Å². The van der Waals surface area contributed by atoms with E-state index in [0.29, 0.717) is 23.5 Å². The van der Waals surface area contributed by atoms with E-state index in [1.54, 1.807) is 63.1 Å². The topological polar surface area (TPSA) is 88.3 Å². The smallest absolute Gasteiger partial charge is 0.436 e. The first-order valence-corrected chi connectivity index (χ1v) is 7.76. The van der Waals surface area contributed by atoms with Gasteiger partial charge in [-0.25, -0.2) is 4.79 Å². The summed E-state index contributed by atoms with van der Waals surface area (Å²) in [6, 6.07) is 4.79. The third-order valence-corrected chi connectivity index (χ3v) is 3.91. The predicted molar refractivity (Wildman–Crippen MR) is 95.4 cm³/mol. The molecule has 0 aromatic heterocycles. The zero-order valence-corrected chi connectivity index (χ0v) is 15.0. The second kappa shape index (κ2) is 6.92. The number of ether oxygens (including phenoxy) is 1. The Morgan fingerprint density at radius 2 is 1.92 bits per heavy atom. The molecule has 2 rings (SSSR count). The van der Waals surface area contributed by atoms with Crippen molar-refractivity contribution < 1.29 is 14.5 Å². The molecule has 1 aliphatic carbocycles. The van der Waals surface area contributed by atoms with Gasteiger partial charge < -0.3 is 14.5 Å². The molecule has 0 saturated carbocycles. The van der Waals surface area contributed by atoms with Gasteiger partial charge in [0.05, 0.1) is 10.5 Å². The minimum atomic E-state index is -1.15. The molecule has 1 unspecified atom stereocenters. The quantitative estimate of drug-likeness (QED) is 0.354. The molecular weight excluding hydrogens is 324 g/mol. The monoisotopic (exact) mass is 346 g/mol. The van der Waals surface area contributed by atoms with E-state index in [1.165, 1.54) is 6.07 Å². The maximum atomic E-state index is 12.4. The highest BCUT2D eigenvalue weighted by Crippen LogP contribution is 2.42. The predicted octanol–water partition coefficient (Wildman–Crippen LogP) is 2.84. The fourth-order valence-electron chi connectivity index (χ4n) is 2.93. The van der Waals surface area contributed by atoms with E-state index in [4.69, 9.17) is 4.74 Å². The second-order valence-corrected chi connectivity index (χ2v) is 6.40. The van der Waals surface area contributed by atoms with Gasteiger partial charge in [-0.1, -0.05) is 24.3 Å². The van der Waals surface area contributed by atoms with Crippen molar-refractivity contribution in [2.75, 3.05) is 28.2 Å². The summed E-state index contributed by atoms with van der Waals surface area (Å²) in [6.45, 7) is 1.67. The summed E-state index contributed by atoms with van der Waals surface area (Å²) in [7, 11) is 7.04. The van der Waals surface area contributed by atoms with E-state index >= 15 is 0 Å². The first-order valence-electron chi connectivity index (χ1n) is 7.76. The van der Waals surface area contributed by atoms with Crippen LogP contribution in [0.2, 0.25) is 0 Å². The molecule has 0 aliphatic heterocycles. The highest BCUT2D eigenvalue weighted by atomic mass is 16.6. The molecule has 25 heavy (non-hydrogen) atoms. The third-order valence-electron chi connectivity index (χ3n) is 3.91. The van der Waals surface area contributed by atoms with E-state index in [2.05, 4.69) is 4.99 Å². The number of hydrogen-bond donors (Lipinski definition) is 0. The largest absolute Gasteiger partial charge is 0.437 e.